The number of nitrogens with one attached hydrogen (secondary N) is 2. The molecule has 0 saturated heterocycles. The van der Waals surface area contributed by atoms with Crippen molar-refractivity contribution in [1.29, 1.82) is 0 Å². The average molecular weight is 290 g/mol. The van der Waals surface area contributed by atoms with Crippen LogP contribution in [0, 0.1) is 0 Å². The van der Waals surface area contributed by atoms with E-state index in [4.69, 9.17) is 0 Å². The van der Waals surface area contributed by atoms with Crippen LogP contribution in [0.15, 0.2) is 39.1 Å². The van der Waals surface area contributed by atoms with E-state index < -0.39 is 0 Å². The first-order chi connectivity index (χ1) is 9.78. The number of aromatic nitrogens is 3. The highest BCUT2D eigenvalue weighted by atomic mass is 32.2. The number of hydrogen-bond acceptors (Lipinski definition) is 4. The molecule has 0 amide bonds. The van der Waals surface area contributed by atoms with Crippen molar-refractivity contribution in [2.24, 2.45) is 0 Å². The summed E-state index contributed by atoms with van der Waals surface area (Å²) in [5.74, 6) is 0. The summed E-state index contributed by atoms with van der Waals surface area (Å²) in [4.78, 5) is 12.8. The smallest absolute Gasteiger partial charge is 0.313 e. The van der Waals surface area contributed by atoms with Crippen LogP contribution in [0.1, 0.15) is 31.4 Å². The number of H-pyrrole nitrogens is 1. The Morgan fingerprint density at radius 3 is 2.80 bits per heavy atom. The van der Waals surface area contributed by atoms with Crippen LogP contribution >= 0.6 is 11.8 Å². The molecule has 2 aromatic rings. The molecule has 3 rings (SSSR count). The molecule has 6 heteroatoms. The molecule has 1 aromatic carbocycles. The van der Waals surface area contributed by atoms with E-state index in [1.54, 1.807) is 4.57 Å². The minimum atomic E-state index is -0.0984. The third-order valence-corrected chi connectivity index (χ3v) is 4.27. The zero-order valence-electron chi connectivity index (χ0n) is 11.4. The molecule has 0 atom stereocenters. The maximum absolute atomic E-state index is 11.7. The Balaban J connectivity index is 1.73. The maximum Gasteiger partial charge on any atom is 0.344 e. The first kappa shape index (κ1) is 13.5. The summed E-state index contributed by atoms with van der Waals surface area (Å²) in [6.07, 6.45) is 2.16. The summed E-state index contributed by atoms with van der Waals surface area (Å²) < 4.78 is 1.78. The van der Waals surface area contributed by atoms with Gasteiger partial charge >= 0.3 is 5.69 Å². The molecule has 106 valence electrons. The van der Waals surface area contributed by atoms with Gasteiger partial charge in [-0.3, -0.25) is 4.57 Å². The quantitative estimate of drug-likeness (QED) is 0.856. The van der Waals surface area contributed by atoms with Gasteiger partial charge in [0.25, 0.3) is 0 Å². The fraction of sp³-hybridized carbons (Fsp3) is 0.429. The highest BCUT2D eigenvalue weighted by Crippen LogP contribution is 2.37. The van der Waals surface area contributed by atoms with Crippen molar-refractivity contribution in [3.63, 3.8) is 0 Å². The van der Waals surface area contributed by atoms with Crippen molar-refractivity contribution in [3.05, 3.63) is 40.3 Å². The predicted octanol–water partition coefficient (Wildman–Crippen LogP) is 2.17. The highest BCUT2D eigenvalue weighted by molar-refractivity contribution is 7.99. The molecule has 0 unspecified atom stereocenters. The number of aromatic amines is 1. The lowest BCUT2D eigenvalue weighted by atomic mass is 10.2. The van der Waals surface area contributed by atoms with Crippen LogP contribution < -0.4 is 11.0 Å². The Hall–Kier alpha value is -1.53. The maximum atomic E-state index is 11.7. The summed E-state index contributed by atoms with van der Waals surface area (Å²) in [7, 11) is 0. The van der Waals surface area contributed by atoms with Crippen LogP contribution in [0.5, 0.6) is 0 Å². The van der Waals surface area contributed by atoms with E-state index in [0.29, 0.717) is 6.04 Å². The minimum absolute atomic E-state index is 0.0984. The summed E-state index contributed by atoms with van der Waals surface area (Å²) in [5, 5.41) is 10.7. The van der Waals surface area contributed by atoms with Gasteiger partial charge in [-0.05, 0) is 48.8 Å². The molecule has 1 aliphatic rings. The lowest BCUT2D eigenvalue weighted by molar-refractivity contribution is 0.642. The van der Waals surface area contributed by atoms with Crippen molar-refractivity contribution in [2.75, 3.05) is 6.54 Å². The second-order valence-corrected chi connectivity index (χ2v) is 5.98. The number of rotatable bonds is 6. The van der Waals surface area contributed by atoms with Crippen molar-refractivity contribution in [1.82, 2.24) is 20.1 Å². The van der Waals surface area contributed by atoms with E-state index in [1.165, 1.54) is 17.3 Å². The van der Waals surface area contributed by atoms with Crippen LogP contribution in [0.4, 0.5) is 0 Å². The van der Waals surface area contributed by atoms with E-state index in [0.717, 1.165) is 36.0 Å². The highest BCUT2D eigenvalue weighted by Gasteiger charge is 2.28. The third kappa shape index (κ3) is 2.96. The molecule has 1 heterocycles. The van der Waals surface area contributed by atoms with Crippen molar-refractivity contribution in [3.8, 4) is 0 Å². The molecule has 5 nitrogen and oxygen atoms in total. The second kappa shape index (κ2) is 5.85. The predicted molar refractivity (Wildman–Crippen MR) is 79.1 cm³/mol. The van der Waals surface area contributed by atoms with Crippen LogP contribution in [-0.2, 0) is 6.54 Å². The molecule has 20 heavy (non-hydrogen) atoms. The topological polar surface area (TPSA) is 62.7 Å². The molecule has 1 fully saturated rings. The van der Waals surface area contributed by atoms with Gasteiger partial charge in [0.15, 0.2) is 5.16 Å². The standard InChI is InChI=1S/C14H18N4OS/c1-2-15-9-10-3-7-12(8-4-10)20-14-17-16-13(19)18(14)11-5-6-11/h3-4,7-8,11,15H,2,5-6,9H2,1H3,(H,16,19). The molecular weight excluding hydrogens is 272 g/mol. The summed E-state index contributed by atoms with van der Waals surface area (Å²) in [5.41, 5.74) is 1.16. The lowest BCUT2D eigenvalue weighted by Gasteiger charge is -2.05. The van der Waals surface area contributed by atoms with Gasteiger partial charge in [0.05, 0.1) is 0 Å². The lowest BCUT2D eigenvalue weighted by Crippen LogP contribution is -2.16. The summed E-state index contributed by atoms with van der Waals surface area (Å²) in [6.45, 7) is 3.95. The van der Waals surface area contributed by atoms with Gasteiger partial charge in [0, 0.05) is 17.5 Å². The van der Waals surface area contributed by atoms with Crippen molar-refractivity contribution < 1.29 is 0 Å². The molecule has 0 spiro atoms. The first-order valence-electron chi connectivity index (χ1n) is 6.92. The Kier molecular flexibility index (Phi) is 3.93. The Morgan fingerprint density at radius 1 is 1.40 bits per heavy atom. The third-order valence-electron chi connectivity index (χ3n) is 3.30. The normalized spacial score (nSPS) is 14.7. The van der Waals surface area contributed by atoms with E-state index in [2.05, 4.69) is 46.7 Å². The largest absolute Gasteiger partial charge is 0.344 e. The van der Waals surface area contributed by atoms with Crippen LogP contribution in [0.25, 0.3) is 0 Å². The molecular formula is C14H18N4OS. The van der Waals surface area contributed by atoms with Gasteiger partial charge < -0.3 is 5.32 Å². The average Bonchev–Trinajstić information content (AvgIpc) is 3.23. The zero-order valence-corrected chi connectivity index (χ0v) is 12.2. The molecule has 0 bridgehead atoms. The molecule has 1 aliphatic carbocycles. The summed E-state index contributed by atoms with van der Waals surface area (Å²) in [6, 6.07) is 8.72. The van der Waals surface area contributed by atoms with Gasteiger partial charge in [0.2, 0.25) is 0 Å². The Bertz CT molecular complexity index is 627. The van der Waals surface area contributed by atoms with E-state index in [9.17, 15) is 4.79 Å². The van der Waals surface area contributed by atoms with Gasteiger partial charge in [-0.15, -0.1) is 5.10 Å². The Morgan fingerprint density at radius 2 is 2.15 bits per heavy atom. The van der Waals surface area contributed by atoms with Crippen LogP contribution in [0.2, 0.25) is 0 Å². The van der Waals surface area contributed by atoms with Crippen LogP contribution in [0.3, 0.4) is 0 Å². The SMILES string of the molecule is CCNCc1ccc(Sc2n[nH]c(=O)n2C2CC2)cc1. The number of hydrogen-bond donors (Lipinski definition) is 2. The minimum Gasteiger partial charge on any atom is -0.313 e. The monoisotopic (exact) mass is 290 g/mol. The molecule has 2 N–H and O–H groups in total. The van der Waals surface area contributed by atoms with Gasteiger partial charge in [-0.2, -0.15) is 0 Å². The summed E-state index contributed by atoms with van der Waals surface area (Å²) >= 11 is 1.54. The molecule has 1 saturated carbocycles. The van der Waals surface area contributed by atoms with E-state index in [1.807, 2.05) is 0 Å². The van der Waals surface area contributed by atoms with Crippen molar-refractivity contribution >= 4 is 11.8 Å². The van der Waals surface area contributed by atoms with E-state index >= 15 is 0 Å². The van der Waals surface area contributed by atoms with Crippen LogP contribution in [-0.4, -0.2) is 21.3 Å². The second-order valence-electron chi connectivity index (χ2n) is 4.94. The van der Waals surface area contributed by atoms with Crippen molar-refractivity contribution in [2.45, 2.75) is 42.4 Å². The first-order valence-corrected chi connectivity index (χ1v) is 7.74. The molecule has 0 radical (unpaired) electrons. The fourth-order valence-electron chi connectivity index (χ4n) is 2.07. The van der Waals surface area contributed by atoms with Gasteiger partial charge in [0.1, 0.15) is 0 Å². The number of benzene rings is 1. The van der Waals surface area contributed by atoms with Gasteiger partial charge in [-0.25, -0.2) is 9.89 Å². The van der Waals surface area contributed by atoms with Gasteiger partial charge in [-0.1, -0.05) is 19.1 Å². The molecule has 0 aliphatic heterocycles. The number of nitrogens with zero attached hydrogens (tertiary/aromatic N) is 2. The zero-order chi connectivity index (χ0) is 13.9. The van der Waals surface area contributed by atoms with E-state index in [-0.39, 0.29) is 5.69 Å². The Labute approximate surface area is 121 Å². The fourth-order valence-corrected chi connectivity index (χ4v) is 2.97. The molecule has 1 aromatic heterocycles.